The van der Waals surface area contributed by atoms with Gasteiger partial charge in [-0.1, -0.05) is 23.2 Å². The van der Waals surface area contributed by atoms with E-state index in [0.29, 0.717) is 11.3 Å². The first kappa shape index (κ1) is 15.6. The van der Waals surface area contributed by atoms with Gasteiger partial charge < -0.3 is 5.32 Å². The van der Waals surface area contributed by atoms with Crippen LogP contribution in [0.5, 0.6) is 0 Å². The predicted molar refractivity (Wildman–Crippen MR) is 84.0 cm³/mol. The van der Waals surface area contributed by atoms with Crippen LogP contribution >= 0.6 is 11.6 Å². The molecule has 3 nitrogen and oxygen atoms in total. The molecule has 0 amide bonds. The van der Waals surface area contributed by atoms with Gasteiger partial charge in [0.05, 0.1) is 16.1 Å². The van der Waals surface area contributed by atoms with Crippen LogP contribution in [-0.4, -0.2) is 9.97 Å². The fraction of sp³-hybridized carbons (Fsp3) is 0.125. The molecule has 3 aromatic rings. The smallest absolute Gasteiger partial charge is 0.340 e. The van der Waals surface area contributed by atoms with Crippen molar-refractivity contribution in [3.05, 3.63) is 58.9 Å². The lowest BCUT2D eigenvalue weighted by Crippen LogP contribution is -2.06. The minimum Gasteiger partial charge on any atom is -0.340 e. The molecule has 0 unspecified atom stereocenters. The molecule has 0 aliphatic carbocycles. The molecule has 0 radical (unpaired) electrons. The zero-order valence-electron chi connectivity index (χ0n) is 11.9. The first-order valence-corrected chi connectivity index (χ1v) is 7.07. The maximum atomic E-state index is 12.9. The molecule has 3 rings (SSSR count). The zero-order valence-corrected chi connectivity index (χ0v) is 12.7. The molecule has 0 aliphatic heterocycles. The van der Waals surface area contributed by atoms with Crippen molar-refractivity contribution in [3.63, 3.8) is 0 Å². The number of hydrogen-bond acceptors (Lipinski definition) is 3. The second-order valence-electron chi connectivity index (χ2n) is 5.06. The Kier molecular flexibility index (Phi) is 3.85. The number of aryl methyl sites for hydroxylation is 1. The first-order chi connectivity index (χ1) is 10.8. The van der Waals surface area contributed by atoms with Crippen LogP contribution in [0.4, 0.5) is 24.7 Å². The van der Waals surface area contributed by atoms with E-state index in [4.69, 9.17) is 11.6 Å². The van der Waals surface area contributed by atoms with E-state index >= 15 is 0 Å². The fourth-order valence-electron chi connectivity index (χ4n) is 2.23. The van der Waals surface area contributed by atoms with E-state index in [0.717, 1.165) is 17.0 Å². The summed E-state index contributed by atoms with van der Waals surface area (Å²) in [7, 11) is 0. The second kappa shape index (κ2) is 5.70. The highest BCUT2D eigenvalue weighted by molar-refractivity contribution is 6.31. The van der Waals surface area contributed by atoms with Gasteiger partial charge in [0.1, 0.15) is 12.1 Å². The van der Waals surface area contributed by atoms with Crippen LogP contribution < -0.4 is 5.32 Å². The van der Waals surface area contributed by atoms with E-state index in [1.54, 1.807) is 0 Å². The molecule has 0 aliphatic rings. The van der Waals surface area contributed by atoms with E-state index in [1.807, 2.05) is 25.1 Å². The summed E-state index contributed by atoms with van der Waals surface area (Å²) in [5.74, 6) is 0.439. The Balaban J connectivity index is 2.05. The van der Waals surface area contributed by atoms with Gasteiger partial charge in [0.25, 0.3) is 0 Å². The van der Waals surface area contributed by atoms with E-state index in [-0.39, 0.29) is 10.7 Å². The van der Waals surface area contributed by atoms with E-state index < -0.39 is 11.7 Å². The summed E-state index contributed by atoms with van der Waals surface area (Å²) >= 11 is 5.63. The molecule has 7 heteroatoms. The van der Waals surface area contributed by atoms with Crippen LogP contribution in [0, 0.1) is 6.92 Å². The van der Waals surface area contributed by atoms with Crippen molar-refractivity contribution < 1.29 is 13.2 Å². The molecule has 0 fully saturated rings. The van der Waals surface area contributed by atoms with Crippen molar-refractivity contribution >= 4 is 34.0 Å². The van der Waals surface area contributed by atoms with Crippen molar-refractivity contribution in [1.82, 2.24) is 9.97 Å². The highest BCUT2D eigenvalue weighted by Crippen LogP contribution is 2.37. The maximum absolute atomic E-state index is 12.9. The van der Waals surface area contributed by atoms with Gasteiger partial charge in [-0.3, -0.25) is 0 Å². The number of anilines is 2. The summed E-state index contributed by atoms with van der Waals surface area (Å²) in [6.07, 6.45) is -3.15. The molecule has 1 aromatic heterocycles. The number of alkyl halides is 3. The molecule has 0 saturated heterocycles. The normalized spacial score (nSPS) is 11.7. The molecule has 1 N–H and O–H groups in total. The van der Waals surface area contributed by atoms with Gasteiger partial charge in [-0.05, 0) is 37.3 Å². The van der Waals surface area contributed by atoms with Crippen LogP contribution in [0.15, 0.2) is 42.7 Å². The first-order valence-electron chi connectivity index (χ1n) is 6.70. The number of nitrogens with one attached hydrogen (secondary N) is 1. The molecular weight excluding hydrogens is 327 g/mol. The summed E-state index contributed by atoms with van der Waals surface area (Å²) in [6.45, 7) is 1.92. The Bertz CT molecular complexity index is 878. The molecule has 0 bridgehead atoms. The average molecular weight is 338 g/mol. The van der Waals surface area contributed by atoms with E-state index in [1.165, 1.54) is 18.5 Å². The fourth-order valence-corrected chi connectivity index (χ4v) is 2.45. The Morgan fingerprint density at radius 3 is 2.57 bits per heavy atom. The quantitative estimate of drug-likeness (QED) is 0.684. The maximum Gasteiger partial charge on any atom is 0.417 e. The second-order valence-corrected chi connectivity index (χ2v) is 5.47. The number of hydrogen-bond donors (Lipinski definition) is 1. The zero-order chi connectivity index (χ0) is 16.6. The van der Waals surface area contributed by atoms with Crippen molar-refractivity contribution in [1.29, 1.82) is 0 Å². The Morgan fingerprint density at radius 2 is 1.83 bits per heavy atom. The molecule has 0 atom stereocenters. The molecule has 118 valence electrons. The van der Waals surface area contributed by atoms with Gasteiger partial charge >= 0.3 is 6.18 Å². The summed E-state index contributed by atoms with van der Waals surface area (Å²) in [4.78, 5) is 8.26. The summed E-state index contributed by atoms with van der Waals surface area (Å²) in [6, 6.07) is 9.26. The minimum atomic E-state index is -4.51. The van der Waals surface area contributed by atoms with Gasteiger partial charge in [0, 0.05) is 11.1 Å². The highest BCUT2D eigenvalue weighted by atomic mass is 35.5. The van der Waals surface area contributed by atoms with Crippen molar-refractivity contribution in [2.75, 3.05) is 5.32 Å². The summed E-state index contributed by atoms with van der Waals surface area (Å²) in [5.41, 5.74) is 1.07. The lowest BCUT2D eigenvalue weighted by atomic mass is 10.1. The molecule has 0 spiro atoms. The SMILES string of the molecule is Cc1ccc2ncnc(Nc3ccc(Cl)c(C(F)(F)F)c3)c2c1. The summed E-state index contributed by atoms with van der Waals surface area (Å²) in [5, 5.41) is 3.30. The number of aromatic nitrogens is 2. The van der Waals surface area contributed by atoms with Gasteiger partial charge in [-0.2, -0.15) is 13.2 Å². The Hall–Kier alpha value is -2.34. The number of fused-ring (bicyclic) bond motifs is 1. The lowest BCUT2D eigenvalue weighted by Gasteiger charge is -2.13. The molecule has 0 saturated carbocycles. The van der Waals surface area contributed by atoms with Crippen LogP contribution in [-0.2, 0) is 6.18 Å². The number of rotatable bonds is 2. The highest BCUT2D eigenvalue weighted by Gasteiger charge is 2.33. The molecule has 2 aromatic carbocycles. The Morgan fingerprint density at radius 1 is 1.04 bits per heavy atom. The van der Waals surface area contributed by atoms with Crippen LogP contribution in [0.25, 0.3) is 10.9 Å². The number of halogens is 4. The van der Waals surface area contributed by atoms with E-state index in [9.17, 15) is 13.2 Å². The molecular formula is C16H11ClF3N3. The van der Waals surface area contributed by atoms with Gasteiger partial charge in [0.15, 0.2) is 0 Å². The third-order valence-electron chi connectivity index (χ3n) is 3.33. The van der Waals surface area contributed by atoms with Gasteiger partial charge in [0.2, 0.25) is 0 Å². The van der Waals surface area contributed by atoms with Crippen molar-refractivity contribution in [2.24, 2.45) is 0 Å². The van der Waals surface area contributed by atoms with Crippen molar-refractivity contribution in [2.45, 2.75) is 13.1 Å². The molecule has 23 heavy (non-hydrogen) atoms. The van der Waals surface area contributed by atoms with E-state index in [2.05, 4.69) is 15.3 Å². The standard InChI is InChI=1S/C16H11ClF3N3/c1-9-2-5-14-11(6-9)15(22-8-21-14)23-10-3-4-13(17)12(7-10)16(18,19)20/h2-8H,1H3,(H,21,22,23). The van der Waals surface area contributed by atoms with Gasteiger partial charge in [-0.15, -0.1) is 0 Å². The summed E-state index contributed by atoms with van der Waals surface area (Å²) < 4.78 is 38.8. The molecule has 1 heterocycles. The largest absolute Gasteiger partial charge is 0.417 e. The third kappa shape index (κ3) is 3.22. The predicted octanol–water partition coefficient (Wildman–Crippen LogP) is 5.35. The van der Waals surface area contributed by atoms with Gasteiger partial charge in [-0.25, -0.2) is 9.97 Å². The number of benzene rings is 2. The monoisotopic (exact) mass is 337 g/mol. The average Bonchev–Trinajstić information content (AvgIpc) is 2.48. The third-order valence-corrected chi connectivity index (χ3v) is 3.65. The number of nitrogens with zero attached hydrogens (tertiary/aromatic N) is 2. The topological polar surface area (TPSA) is 37.8 Å². The lowest BCUT2D eigenvalue weighted by molar-refractivity contribution is -0.137. The van der Waals surface area contributed by atoms with Crippen LogP contribution in [0.2, 0.25) is 5.02 Å². The minimum absolute atomic E-state index is 0.253. The van der Waals surface area contributed by atoms with Crippen LogP contribution in [0.1, 0.15) is 11.1 Å². The Labute approximate surface area is 135 Å². The van der Waals surface area contributed by atoms with Crippen molar-refractivity contribution in [3.8, 4) is 0 Å². The van der Waals surface area contributed by atoms with Crippen LogP contribution in [0.3, 0.4) is 0 Å².